The Balaban J connectivity index is 1.71. The summed E-state index contributed by atoms with van der Waals surface area (Å²) in [7, 11) is 0. The maximum Gasteiger partial charge on any atom is 0.247 e. The third-order valence-corrected chi connectivity index (χ3v) is 6.22. The smallest absolute Gasteiger partial charge is 0.247 e. The summed E-state index contributed by atoms with van der Waals surface area (Å²) < 4.78 is 0. The highest BCUT2D eigenvalue weighted by molar-refractivity contribution is 5.88. The fourth-order valence-electron chi connectivity index (χ4n) is 4.90. The molecule has 3 atom stereocenters. The molecule has 0 saturated heterocycles. The summed E-state index contributed by atoms with van der Waals surface area (Å²) in [4.78, 5) is 27.3. The molecule has 1 saturated carbocycles. The van der Waals surface area contributed by atoms with Gasteiger partial charge >= 0.3 is 0 Å². The first-order valence-corrected chi connectivity index (χ1v) is 10.5. The molecule has 6 nitrogen and oxygen atoms in total. The van der Waals surface area contributed by atoms with Gasteiger partial charge in [-0.15, -0.1) is 0 Å². The molecule has 3 N–H and O–H groups in total. The molecule has 0 radical (unpaired) electrons. The number of hydrogen-bond donors (Lipinski definition) is 3. The minimum Gasteiger partial charge on any atom is -0.390 e. The molecule has 2 aliphatic rings. The Hall–Kier alpha value is -2.18. The van der Waals surface area contributed by atoms with Crippen molar-refractivity contribution in [3.8, 4) is 0 Å². The summed E-state index contributed by atoms with van der Waals surface area (Å²) >= 11 is 0. The second-order valence-corrected chi connectivity index (χ2v) is 8.88. The van der Waals surface area contributed by atoms with E-state index in [1.807, 2.05) is 32.0 Å². The Bertz CT molecular complexity index is 761. The van der Waals surface area contributed by atoms with Gasteiger partial charge in [0.05, 0.1) is 17.4 Å². The van der Waals surface area contributed by atoms with Crippen LogP contribution >= 0.6 is 0 Å². The molecule has 6 heteroatoms. The van der Waals surface area contributed by atoms with E-state index < -0.39 is 23.3 Å². The SMILES string of the molecule is CC(C)C[C@@]1(O)CC[C@H](C(=O)N2CC=C(c3ccccc3)CC2)[C@@H](C(=O)NO)C1. The molecule has 158 valence electrons. The van der Waals surface area contributed by atoms with E-state index in [0.717, 1.165) is 6.42 Å². The number of nitrogens with one attached hydrogen (secondary N) is 1. The van der Waals surface area contributed by atoms with Crippen LogP contribution in [0.4, 0.5) is 0 Å². The van der Waals surface area contributed by atoms with Crippen LogP contribution in [0.15, 0.2) is 36.4 Å². The Morgan fingerprint density at radius 1 is 1.24 bits per heavy atom. The van der Waals surface area contributed by atoms with Gasteiger partial charge in [-0.1, -0.05) is 50.3 Å². The fourth-order valence-corrected chi connectivity index (χ4v) is 4.90. The molecule has 0 bridgehead atoms. The molecule has 0 spiro atoms. The van der Waals surface area contributed by atoms with E-state index in [9.17, 15) is 19.9 Å². The predicted octanol–water partition coefficient (Wildman–Crippen LogP) is 3.00. The second-order valence-electron chi connectivity index (χ2n) is 8.88. The van der Waals surface area contributed by atoms with E-state index in [2.05, 4.69) is 18.2 Å². The van der Waals surface area contributed by atoms with Crippen LogP contribution in [0.25, 0.3) is 5.57 Å². The summed E-state index contributed by atoms with van der Waals surface area (Å²) in [6.45, 7) is 5.19. The quantitative estimate of drug-likeness (QED) is 0.524. The number of amides is 2. The van der Waals surface area contributed by atoms with Crippen molar-refractivity contribution >= 4 is 17.4 Å². The minimum absolute atomic E-state index is 0.0615. The van der Waals surface area contributed by atoms with E-state index >= 15 is 0 Å². The zero-order valence-corrected chi connectivity index (χ0v) is 17.3. The third-order valence-electron chi connectivity index (χ3n) is 6.22. The second kappa shape index (κ2) is 9.09. The number of carbonyl (C=O) groups excluding carboxylic acids is 2. The highest BCUT2D eigenvalue weighted by Gasteiger charge is 2.46. The molecule has 1 fully saturated rings. The Morgan fingerprint density at radius 3 is 2.55 bits per heavy atom. The van der Waals surface area contributed by atoms with Gasteiger partial charge in [-0.25, -0.2) is 5.48 Å². The average molecular weight is 401 g/mol. The normalized spacial score (nSPS) is 27.5. The van der Waals surface area contributed by atoms with Crippen LogP contribution in [0.1, 0.15) is 51.5 Å². The topological polar surface area (TPSA) is 89.9 Å². The first-order chi connectivity index (χ1) is 13.8. The van der Waals surface area contributed by atoms with E-state index in [1.165, 1.54) is 11.1 Å². The molecule has 0 unspecified atom stereocenters. The molecular formula is C23H32N2O4. The van der Waals surface area contributed by atoms with Crippen molar-refractivity contribution in [1.82, 2.24) is 10.4 Å². The summed E-state index contributed by atoms with van der Waals surface area (Å²) in [5.74, 6) is -1.59. The van der Waals surface area contributed by atoms with Gasteiger partial charge in [-0.2, -0.15) is 0 Å². The number of aliphatic hydroxyl groups is 1. The largest absolute Gasteiger partial charge is 0.390 e. The molecular weight excluding hydrogens is 368 g/mol. The highest BCUT2D eigenvalue weighted by atomic mass is 16.5. The van der Waals surface area contributed by atoms with Crippen molar-refractivity contribution in [3.05, 3.63) is 42.0 Å². The first kappa shape index (κ1) is 21.5. The van der Waals surface area contributed by atoms with Gasteiger partial charge in [0.2, 0.25) is 11.8 Å². The Labute approximate surface area is 172 Å². The van der Waals surface area contributed by atoms with Crippen molar-refractivity contribution in [2.75, 3.05) is 13.1 Å². The zero-order valence-electron chi connectivity index (χ0n) is 17.3. The predicted molar refractivity (Wildman–Crippen MR) is 111 cm³/mol. The number of carbonyl (C=O) groups is 2. The lowest BCUT2D eigenvalue weighted by atomic mass is 9.68. The monoisotopic (exact) mass is 400 g/mol. The van der Waals surface area contributed by atoms with Crippen LogP contribution in [0, 0.1) is 17.8 Å². The van der Waals surface area contributed by atoms with Gasteiger partial charge in [0.15, 0.2) is 0 Å². The standard InChI is InChI=1S/C23H32N2O4/c1-16(2)14-23(28)11-8-19(20(15-23)21(26)24-29)22(27)25-12-9-18(10-13-25)17-6-4-3-5-7-17/h3-7,9,16,19-20,28-29H,8,10-15H2,1-2H3,(H,24,26)/t19-,20-,23-/m0/s1. The van der Waals surface area contributed by atoms with Crippen molar-refractivity contribution in [3.63, 3.8) is 0 Å². The lowest BCUT2D eigenvalue weighted by molar-refractivity contribution is -0.153. The maximum atomic E-state index is 13.2. The van der Waals surface area contributed by atoms with Crippen LogP contribution in [0.3, 0.4) is 0 Å². The molecule has 2 amide bonds. The van der Waals surface area contributed by atoms with E-state index in [4.69, 9.17) is 0 Å². The van der Waals surface area contributed by atoms with Crippen molar-refractivity contribution in [2.24, 2.45) is 17.8 Å². The van der Waals surface area contributed by atoms with E-state index in [1.54, 1.807) is 10.4 Å². The zero-order chi connectivity index (χ0) is 21.0. The third kappa shape index (κ3) is 5.06. The van der Waals surface area contributed by atoms with Crippen LogP contribution in [-0.2, 0) is 9.59 Å². The minimum atomic E-state index is -0.968. The fraction of sp³-hybridized carbons (Fsp3) is 0.565. The Kier molecular flexibility index (Phi) is 6.75. The molecule has 1 aliphatic heterocycles. The summed E-state index contributed by atoms with van der Waals surface area (Å²) in [5.41, 5.74) is 3.15. The molecule has 1 heterocycles. The molecule has 1 aliphatic carbocycles. The van der Waals surface area contributed by atoms with Gasteiger partial charge in [-0.05, 0) is 49.2 Å². The van der Waals surface area contributed by atoms with Gasteiger partial charge in [0, 0.05) is 13.1 Å². The van der Waals surface area contributed by atoms with Gasteiger partial charge in [-0.3, -0.25) is 14.8 Å². The first-order valence-electron chi connectivity index (χ1n) is 10.5. The van der Waals surface area contributed by atoms with Crippen molar-refractivity contribution in [2.45, 2.75) is 51.6 Å². The summed E-state index contributed by atoms with van der Waals surface area (Å²) in [6.07, 6.45) is 4.58. The number of hydrogen-bond acceptors (Lipinski definition) is 4. The van der Waals surface area contributed by atoms with Crippen LogP contribution in [-0.4, -0.2) is 45.7 Å². The van der Waals surface area contributed by atoms with Gasteiger partial charge in [0.25, 0.3) is 0 Å². The summed E-state index contributed by atoms with van der Waals surface area (Å²) in [6, 6.07) is 10.1. The van der Waals surface area contributed by atoms with Crippen LogP contribution < -0.4 is 5.48 Å². The lowest BCUT2D eigenvalue weighted by Gasteiger charge is -2.42. The molecule has 3 rings (SSSR count). The number of hydroxylamine groups is 1. The van der Waals surface area contributed by atoms with Gasteiger partial charge < -0.3 is 10.0 Å². The Morgan fingerprint density at radius 2 is 1.97 bits per heavy atom. The molecule has 1 aromatic rings. The van der Waals surface area contributed by atoms with Crippen molar-refractivity contribution in [1.29, 1.82) is 0 Å². The highest BCUT2D eigenvalue weighted by Crippen LogP contribution is 2.41. The average Bonchev–Trinajstić information content (AvgIpc) is 2.72. The summed E-state index contributed by atoms with van der Waals surface area (Å²) in [5, 5.41) is 20.1. The van der Waals surface area contributed by atoms with E-state index in [0.29, 0.717) is 32.4 Å². The lowest BCUT2D eigenvalue weighted by Crippen LogP contribution is -2.51. The van der Waals surface area contributed by atoms with Crippen LogP contribution in [0.5, 0.6) is 0 Å². The maximum absolute atomic E-state index is 13.2. The molecule has 1 aromatic carbocycles. The van der Waals surface area contributed by atoms with Gasteiger partial charge in [0.1, 0.15) is 0 Å². The number of rotatable bonds is 5. The van der Waals surface area contributed by atoms with Crippen LogP contribution in [0.2, 0.25) is 0 Å². The molecule has 29 heavy (non-hydrogen) atoms. The number of nitrogens with zero attached hydrogens (tertiary/aromatic N) is 1. The molecule has 0 aromatic heterocycles. The van der Waals surface area contributed by atoms with E-state index in [-0.39, 0.29) is 18.2 Å². The van der Waals surface area contributed by atoms with Crippen molar-refractivity contribution < 1.29 is 19.9 Å². The number of benzene rings is 1.